The highest BCUT2D eigenvalue weighted by molar-refractivity contribution is 5.94. The lowest BCUT2D eigenvalue weighted by Gasteiger charge is -2.26. The Morgan fingerprint density at radius 3 is 2.81 bits per heavy atom. The first-order valence-electron chi connectivity index (χ1n) is 5.69. The van der Waals surface area contributed by atoms with Crippen molar-refractivity contribution in [1.82, 2.24) is 19.6 Å². The van der Waals surface area contributed by atoms with Gasteiger partial charge < -0.3 is 9.80 Å². The van der Waals surface area contributed by atoms with E-state index < -0.39 is 0 Å². The molecule has 0 aliphatic carbocycles. The predicted molar refractivity (Wildman–Crippen MR) is 59.2 cm³/mol. The van der Waals surface area contributed by atoms with E-state index in [0.717, 1.165) is 49.6 Å². The summed E-state index contributed by atoms with van der Waals surface area (Å²) >= 11 is 0. The van der Waals surface area contributed by atoms with E-state index in [-0.39, 0.29) is 5.91 Å². The molecule has 0 N–H and O–H groups in total. The van der Waals surface area contributed by atoms with Crippen LogP contribution in [-0.4, -0.2) is 52.7 Å². The molecule has 0 saturated carbocycles. The first kappa shape index (κ1) is 9.84. The SMILES string of the molecule is CN1CCc2nn3c(c2C1)C(=O)N(C)CC3. The second-order valence-electron chi connectivity index (χ2n) is 4.71. The Morgan fingerprint density at radius 2 is 2.00 bits per heavy atom. The molecule has 5 heteroatoms. The van der Waals surface area contributed by atoms with Crippen molar-refractivity contribution in [2.24, 2.45) is 0 Å². The topological polar surface area (TPSA) is 41.4 Å². The molecule has 0 bridgehead atoms. The Hall–Kier alpha value is -1.36. The third-order valence-electron chi connectivity index (χ3n) is 3.49. The quantitative estimate of drug-likeness (QED) is 0.616. The van der Waals surface area contributed by atoms with Crippen molar-refractivity contribution in [2.45, 2.75) is 19.5 Å². The van der Waals surface area contributed by atoms with E-state index in [1.54, 1.807) is 4.90 Å². The van der Waals surface area contributed by atoms with Gasteiger partial charge in [-0.1, -0.05) is 0 Å². The van der Waals surface area contributed by atoms with Crippen molar-refractivity contribution in [3.63, 3.8) is 0 Å². The third kappa shape index (κ3) is 1.28. The molecule has 0 radical (unpaired) electrons. The molecule has 5 nitrogen and oxygen atoms in total. The standard InChI is InChI=1S/C11H16N4O/c1-13-4-3-9-8(7-13)10-11(16)14(2)5-6-15(10)12-9/h3-7H2,1-2H3. The number of nitrogens with zero attached hydrogens (tertiary/aromatic N) is 4. The Kier molecular flexibility index (Phi) is 2.04. The van der Waals surface area contributed by atoms with Crippen molar-refractivity contribution < 1.29 is 4.79 Å². The van der Waals surface area contributed by atoms with Crippen LogP contribution in [0.4, 0.5) is 0 Å². The minimum Gasteiger partial charge on any atom is -0.339 e. The lowest BCUT2D eigenvalue weighted by molar-refractivity contribution is 0.0740. The molecule has 0 unspecified atom stereocenters. The molecule has 86 valence electrons. The molecule has 3 heterocycles. The molecular weight excluding hydrogens is 204 g/mol. The van der Waals surface area contributed by atoms with Gasteiger partial charge in [-0.3, -0.25) is 9.48 Å². The molecule has 0 saturated heterocycles. The van der Waals surface area contributed by atoms with Gasteiger partial charge in [0.05, 0.1) is 12.2 Å². The summed E-state index contributed by atoms with van der Waals surface area (Å²) in [6.45, 7) is 3.48. The predicted octanol–water partition coefficient (Wildman–Crippen LogP) is -0.0434. The van der Waals surface area contributed by atoms with Gasteiger partial charge in [0.15, 0.2) is 0 Å². The summed E-state index contributed by atoms with van der Waals surface area (Å²) in [4.78, 5) is 16.1. The maximum Gasteiger partial charge on any atom is 0.272 e. The van der Waals surface area contributed by atoms with Gasteiger partial charge in [0, 0.05) is 38.7 Å². The van der Waals surface area contributed by atoms with Crippen molar-refractivity contribution in [2.75, 3.05) is 27.2 Å². The van der Waals surface area contributed by atoms with Crippen molar-refractivity contribution in [3.05, 3.63) is 17.0 Å². The third-order valence-corrected chi connectivity index (χ3v) is 3.49. The van der Waals surface area contributed by atoms with E-state index in [1.807, 2.05) is 11.7 Å². The van der Waals surface area contributed by atoms with Gasteiger partial charge in [-0.2, -0.15) is 5.10 Å². The molecule has 16 heavy (non-hydrogen) atoms. The molecular formula is C11H16N4O. The normalized spacial score (nSPS) is 20.9. The smallest absolute Gasteiger partial charge is 0.272 e. The lowest BCUT2D eigenvalue weighted by atomic mass is 10.0. The summed E-state index contributed by atoms with van der Waals surface area (Å²) in [5.74, 6) is 0.121. The summed E-state index contributed by atoms with van der Waals surface area (Å²) in [5, 5.41) is 4.55. The van der Waals surface area contributed by atoms with E-state index in [4.69, 9.17) is 0 Å². The average molecular weight is 220 g/mol. The largest absolute Gasteiger partial charge is 0.339 e. The summed E-state index contributed by atoms with van der Waals surface area (Å²) < 4.78 is 1.90. The number of hydrogen-bond donors (Lipinski definition) is 0. The maximum absolute atomic E-state index is 12.1. The number of carbonyl (C=O) groups excluding carboxylic acids is 1. The first-order valence-corrected chi connectivity index (χ1v) is 5.69. The molecule has 2 aliphatic rings. The number of carbonyl (C=O) groups is 1. The number of hydrogen-bond acceptors (Lipinski definition) is 3. The van der Waals surface area contributed by atoms with E-state index in [9.17, 15) is 4.79 Å². The Morgan fingerprint density at radius 1 is 1.19 bits per heavy atom. The molecule has 3 rings (SSSR count). The van der Waals surface area contributed by atoms with Crippen molar-refractivity contribution in [3.8, 4) is 0 Å². The van der Waals surface area contributed by atoms with Gasteiger partial charge in [-0.15, -0.1) is 0 Å². The summed E-state index contributed by atoms with van der Waals surface area (Å²) in [5.41, 5.74) is 3.08. The van der Waals surface area contributed by atoms with Crippen molar-refractivity contribution >= 4 is 5.91 Å². The van der Waals surface area contributed by atoms with Crippen LogP contribution in [0.2, 0.25) is 0 Å². The van der Waals surface area contributed by atoms with Gasteiger partial charge in [0.2, 0.25) is 0 Å². The van der Waals surface area contributed by atoms with Crippen LogP contribution in [0.5, 0.6) is 0 Å². The summed E-state index contributed by atoms with van der Waals surface area (Å²) in [7, 11) is 3.95. The van der Waals surface area contributed by atoms with E-state index in [2.05, 4.69) is 17.0 Å². The molecule has 2 aliphatic heterocycles. The minimum absolute atomic E-state index is 0.121. The molecule has 0 atom stereocenters. The van der Waals surface area contributed by atoms with Gasteiger partial charge >= 0.3 is 0 Å². The first-order chi connectivity index (χ1) is 7.66. The van der Waals surface area contributed by atoms with Crippen molar-refractivity contribution in [1.29, 1.82) is 0 Å². The van der Waals surface area contributed by atoms with Gasteiger partial charge in [0.25, 0.3) is 5.91 Å². The zero-order chi connectivity index (χ0) is 11.3. The molecule has 0 spiro atoms. The molecule has 1 aromatic heterocycles. The fourth-order valence-corrected chi connectivity index (χ4v) is 2.49. The van der Waals surface area contributed by atoms with Crippen LogP contribution in [0, 0.1) is 0 Å². The van der Waals surface area contributed by atoms with E-state index >= 15 is 0 Å². The molecule has 0 fully saturated rings. The van der Waals surface area contributed by atoms with E-state index in [1.165, 1.54) is 0 Å². The number of likely N-dealkylation sites (N-methyl/N-ethyl adjacent to an activating group) is 2. The Labute approximate surface area is 94.6 Å². The zero-order valence-corrected chi connectivity index (χ0v) is 9.73. The molecule has 0 aromatic carbocycles. The highest BCUT2D eigenvalue weighted by Gasteiger charge is 2.31. The average Bonchev–Trinajstić information content (AvgIpc) is 2.62. The second kappa shape index (κ2) is 3.31. The summed E-state index contributed by atoms with van der Waals surface area (Å²) in [6.07, 6.45) is 0.961. The van der Waals surface area contributed by atoms with Gasteiger partial charge in [-0.25, -0.2) is 0 Å². The minimum atomic E-state index is 0.121. The van der Waals surface area contributed by atoms with Crippen LogP contribution < -0.4 is 0 Å². The monoisotopic (exact) mass is 220 g/mol. The Balaban J connectivity index is 2.11. The number of rotatable bonds is 0. The highest BCUT2D eigenvalue weighted by atomic mass is 16.2. The van der Waals surface area contributed by atoms with Crippen LogP contribution >= 0.6 is 0 Å². The van der Waals surface area contributed by atoms with Crippen LogP contribution in [-0.2, 0) is 19.5 Å². The number of aromatic nitrogens is 2. The van der Waals surface area contributed by atoms with Crippen LogP contribution in [0.25, 0.3) is 0 Å². The second-order valence-corrected chi connectivity index (χ2v) is 4.71. The fraction of sp³-hybridized carbons (Fsp3) is 0.636. The zero-order valence-electron chi connectivity index (χ0n) is 9.73. The maximum atomic E-state index is 12.1. The summed E-state index contributed by atoms with van der Waals surface area (Å²) in [6, 6.07) is 0. The van der Waals surface area contributed by atoms with Crippen LogP contribution in [0.3, 0.4) is 0 Å². The van der Waals surface area contributed by atoms with Gasteiger partial charge in [0.1, 0.15) is 5.69 Å². The Bertz CT molecular complexity index is 451. The number of amides is 1. The molecule has 1 amide bonds. The molecule has 1 aromatic rings. The van der Waals surface area contributed by atoms with Crippen LogP contribution in [0.15, 0.2) is 0 Å². The lowest BCUT2D eigenvalue weighted by Crippen LogP contribution is -2.38. The highest BCUT2D eigenvalue weighted by Crippen LogP contribution is 2.24. The van der Waals surface area contributed by atoms with Gasteiger partial charge in [-0.05, 0) is 7.05 Å². The number of fused-ring (bicyclic) bond motifs is 3. The fourth-order valence-electron chi connectivity index (χ4n) is 2.49. The van der Waals surface area contributed by atoms with Crippen LogP contribution in [0.1, 0.15) is 21.7 Å². The van der Waals surface area contributed by atoms with E-state index in [0.29, 0.717) is 0 Å².